The zero-order valence-electron chi connectivity index (χ0n) is 18.6. The van der Waals surface area contributed by atoms with E-state index >= 15 is 0 Å². The van der Waals surface area contributed by atoms with Crippen LogP contribution in [0.15, 0.2) is 41.7 Å². The van der Waals surface area contributed by atoms with Crippen LogP contribution >= 0.6 is 0 Å². The van der Waals surface area contributed by atoms with Gasteiger partial charge >= 0.3 is 0 Å². The predicted octanol–water partition coefficient (Wildman–Crippen LogP) is 2.81. The van der Waals surface area contributed by atoms with Crippen LogP contribution < -0.4 is 15.6 Å². The first-order valence-corrected chi connectivity index (χ1v) is 10.5. The van der Waals surface area contributed by atoms with Crippen LogP contribution in [0, 0.1) is 5.92 Å². The molecule has 11 nitrogen and oxygen atoms in total. The van der Waals surface area contributed by atoms with Gasteiger partial charge in [0.2, 0.25) is 0 Å². The lowest BCUT2D eigenvalue weighted by molar-refractivity contribution is 0.413. The molecule has 168 valence electrons. The van der Waals surface area contributed by atoms with Gasteiger partial charge in [-0.15, -0.1) is 0 Å². The van der Waals surface area contributed by atoms with Crippen LogP contribution in [0.25, 0.3) is 33.6 Å². The van der Waals surface area contributed by atoms with Gasteiger partial charge in [0.1, 0.15) is 22.7 Å². The largest absolute Gasteiger partial charge is 0.495 e. The Hall–Kier alpha value is -4.28. The highest BCUT2D eigenvalue weighted by Crippen LogP contribution is 2.34. The number of fused-ring (bicyclic) bond motifs is 2. The third-order valence-electron chi connectivity index (χ3n) is 5.41. The summed E-state index contributed by atoms with van der Waals surface area (Å²) in [5.74, 6) is 1.71. The molecule has 0 fully saturated rings. The maximum absolute atomic E-state index is 13.3. The van der Waals surface area contributed by atoms with E-state index in [9.17, 15) is 4.79 Å². The topological polar surface area (TPSA) is 139 Å². The standard InChI is InChI=1S/C22H23N9O2/c1-11(2)16(21-23-6-5-7-24-21)28-18-15(22(32)27-14-10-31(3)30-17(14)18)20-26-13-8-12(33-4)9-25-19(13)29-20/h5-11,16,28H,1-4H3,(H,27,32)(H,25,26,29). The fraction of sp³-hybridized carbons (Fsp3) is 0.273. The zero-order valence-corrected chi connectivity index (χ0v) is 18.6. The number of aromatic amines is 2. The third-order valence-corrected chi connectivity index (χ3v) is 5.41. The summed E-state index contributed by atoms with van der Waals surface area (Å²) in [5, 5.41) is 8.09. The first kappa shape index (κ1) is 20.6. The highest BCUT2D eigenvalue weighted by atomic mass is 16.5. The van der Waals surface area contributed by atoms with Gasteiger partial charge in [-0.05, 0) is 12.0 Å². The molecule has 0 amide bonds. The molecule has 0 aliphatic rings. The summed E-state index contributed by atoms with van der Waals surface area (Å²) in [6, 6.07) is 3.29. The average molecular weight is 445 g/mol. The summed E-state index contributed by atoms with van der Waals surface area (Å²) < 4.78 is 6.91. The van der Waals surface area contributed by atoms with Crippen LogP contribution in [0.5, 0.6) is 5.75 Å². The number of pyridine rings is 2. The number of H-pyrrole nitrogens is 2. The Morgan fingerprint density at radius 2 is 1.91 bits per heavy atom. The highest BCUT2D eigenvalue weighted by molar-refractivity contribution is 5.96. The summed E-state index contributed by atoms with van der Waals surface area (Å²) in [6.45, 7) is 4.13. The number of imidazole rings is 1. The second-order valence-electron chi connectivity index (χ2n) is 8.07. The molecule has 5 rings (SSSR count). The Labute approximate surface area is 188 Å². The van der Waals surface area contributed by atoms with E-state index in [0.717, 1.165) is 0 Å². The summed E-state index contributed by atoms with van der Waals surface area (Å²) in [4.78, 5) is 37.1. The lowest BCUT2D eigenvalue weighted by Crippen LogP contribution is -2.22. The van der Waals surface area contributed by atoms with E-state index in [1.54, 1.807) is 55.8 Å². The van der Waals surface area contributed by atoms with Crippen molar-refractivity contribution in [3.05, 3.63) is 53.1 Å². The predicted molar refractivity (Wildman–Crippen MR) is 124 cm³/mol. The van der Waals surface area contributed by atoms with E-state index in [1.807, 2.05) is 0 Å². The molecule has 3 N–H and O–H groups in total. The number of rotatable bonds is 6. The first-order valence-electron chi connectivity index (χ1n) is 10.5. The van der Waals surface area contributed by atoms with E-state index in [0.29, 0.717) is 50.8 Å². The van der Waals surface area contributed by atoms with Gasteiger partial charge in [-0.1, -0.05) is 13.8 Å². The lowest BCUT2D eigenvalue weighted by atomic mass is 10.0. The molecule has 0 radical (unpaired) electrons. The number of hydrogen-bond donors (Lipinski definition) is 3. The Bertz CT molecular complexity index is 1500. The van der Waals surface area contributed by atoms with Gasteiger partial charge in [0.15, 0.2) is 11.5 Å². The second kappa shape index (κ2) is 8.01. The van der Waals surface area contributed by atoms with Crippen molar-refractivity contribution in [3.63, 3.8) is 0 Å². The van der Waals surface area contributed by atoms with Gasteiger partial charge in [0.05, 0.1) is 36.1 Å². The molecule has 0 aromatic carbocycles. The molecule has 5 aromatic rings. The Morgan fingerprint density at radius 3 is 2.64 bits per heavy atom. The van der Waals surface area contributed by atoms with Gasteiger partial charge in [-0.25, -0.2) is 19.9 Å². The molecule has 0 aliphatic heterocycles. The minimum absolute atomic E-state index is 0.125. The van der Waals surface area contributed by atoms with Crippen LogP contribution in [0.2, 0.25) is 0 Å². The maximum atomic E-state index is 13.3. The maximum Gasteiger partial charge on any atom is 0.261 e. The average Bonchev–Trinajstić information content (AvgIpc) is 3.38. The molecule has 5 aromatic heterocycles. The van der Waals surface area contributed by atoms with Crippen molar-refractivity contribution in [1.82, 2.24) is 39.7 Å². The van der Waals surface area contributed by atoms with Crippen molar-refractivity contribution < 1.29 is 4.74 Å². The van der Waals surface area contributed by atoms with Gasteiger partial charge in [0, 0.05) is 31.7 Å². The zero-order chi connectivity index (χ0) is 23.1. The van der Waals surface area contributed by atoms with Crippen LogP contribution in [-0.4, -0.2) is 46.8 Å². The molecule has 0 spiro atoms. The van der Waals surface area contributed by atoms with Crippen molar-refractivity contribution in [1.29, 1.82) is 0 Å². The number of nitrogens with zero attached hydrogens (tertiary/aromatic N) is 6. The highest BCUT2D eigenvalue weighted by Gasteiger charge is 2.26. The lowest BCUT2D eigenvalue weighted by Gasteiger charge is -2.23. The van der Waals surface area contributed by atoms with Gasteiger partial charge in [-0.2, -0.15) is 5.10 Å². The van der Waals surface area contributed by atoms with Crippen LogP contribution in [0.1, 0.15) is 25.7 Å². The molecular formula is C22H23N9O2. The number of anilines is 1. The van der Waals surface area contributed by atoms with E-state index in [2.05, 4.69) is 54.2 Å². The van der Waals surface area contributed by atoms with Crippen molar-refractivity contribution in [2.45, 2.75) is 19.9 Å². The molecule has 1 unspecified atom stereocenters. The van der Waals surface area contributed by atoms with Gasteiger partial charge in [-0.3, -0.25) is 9.48 Å². The molecule has 0 bridgehead atoms. The number of aryl methyl sites for hydroxylation is 1. The smallest absolute Gasteiger partial charge is 0.261 e. The van der Waals surface area contributed by atoms with Crippen molar-refractivity contribution in [3.8, 4) is 17.1 Å². The van der Waals surface area contributed by atoms with Crippen molar-refractivity contribution in [2.75, 3.05) is 12.4 Å². The number of nitrogens with one attached hydrogen (secondary N) is 3. The van der Waals surface area contributed by atoms with E-state index in [1.165, 1.54) is 0 Å². The molecule has 1 atom stereocenters. The fourth-order valence-electron chi connectivity index (χ4n) is 3.81. The van der Waals surface area contributed by atoms with Crippen LogP contribution in [0.3, 0.4) is 0 Å². The number of ether oxygens (including phenoxy) is 1. The molecule has 11 heteroatoms. The molecule has 0 saturated heterocycles. The quantitative estimate of drug-likeness (QED) is 0.363. The minimum atomic E-state index is -0.305. The number of methoxy groups -OCH3 is 1. The van der Waals surface area contributed by atoms with E-state index in [-0.39, 0.29) is 17.5 Å². The van der Waals surface area contributed by atoms with E-state index in [4.69, 9.17) is 4.74 Å². The molecule has 5 heterocycles. The molecule has 33 heavy (non-hydrogen) atoms. The molecule has 0 saturated carbocycles. The summed E-state index contributed by atoms with van der Waals surface area (Å²) in [7, 11) is 3.37. The number of hydrogen-bond acceptors (Lipinski definition) is 8. The molecule has 0 aliphatic carbocycles. The van der Waals surface area contributed by atoms with E-state index < -0.39 is 0 Å². The normalized spacial score (nSPS) is 12.5. The minimum Gasteiger partial charge on any atom is -0.495 e. The number of aromatic nitrogens is 8. The second-order valence-corrected chi connectivity index (χ2v) is 8.07. The fourth-order valence-corrected chi connectivity index (χ4v) is 3.81. The summed E-state index contributed by atoms with van der Waals surface area (Å²) >= 11 is 0. The van der Waals surface area contributed by atoms with Gasteiger partial charge in [0.25, 0.3) is 5.56 Å². The van der Waals surface area contributed by atoms with Crippen LogP contribution in [-0.2, 0) is 7.05 Å². The molecular weight excluding hydrogens is 422 g/mol. The Kier molecular flexibility index (Phi) is 5.00. The SMILES string of the molecule is COc1cnc2nc(-c3c(NC(c4ncccn4)C(C)C)c4nn(C)cc4[nH]c3=O)[nH]c2c1. The van der Waals surface area contributed by atoms with Crippen LogP contribution in [0.4, 0.5) is 5.69 Å². The monoisotopic (exact) mass is 445 g/mol. The summed E-state index contributed by atoms with van der Waals surface area (Å²) in [5.41, 5.74) is 2.93. The first-order chi connectivity index (χ1) is 15.9. The van der Waals surface area contributed by atoms with Crippen molar-refractivity contribution >= 4 is 27.9 Å². The van der Waals surface area contributed by atoms with Crippen molar-refractivity contribution in [2.24, 2.45) is 13.0 Å². The summed E-state index contributed by atoms with van der Waals surface area (Å²) in [6.07, 6.45) is 6.75. The Balaban J connectivity index is 1.73. The van der Waals surface area contributed by atoms with Gasteiger partial charge < -0.3 is 20.0 Å². The Morgan fingerprint density at radius 1 is 1.12 bits per heavy atom. The third kappa shape index (κ3) is 3.67.